The molecule has 2 aliphatic heterocycles. The first-order chi connectivity index (χ1) is 15.3. The van der Waals surface area contributed by atoms with Crippen LogP contribution in [0.4, 0.5) is 5.82 Å². The highest BCUT2D eigenvalue weighted by Crippen LogP contribution is 2.46. The predicted octanol–water partition coefficient (Wildman–Crippen LogP) is 3.30. The van der Waals surface area contributed by atoms with E-state index in [2.05, 4.69) is 41.7 Å². The molecule has 0 radical (unpaired) electrons. The summed E-state index contributed by atoms with van der Waals surface area (Å²) in [6, 6.07) is 9.99. The van der Waals surface area contributed by atoms with Gasteiger partial charge in [0.2, 0.25) is 0 Å². The summed E-state index contributed by atoms with van der Waals surface area (Å²) >= 11 is 0. The van der Waals surface area contributed by atoms with Crippen LogP contribution in [0.15, 0.2) is 49.2 Å². The van der Waals surface area contributed by atoms with E-state index in [0.717, 1.165) is 54.5 Å². The number of nitrogens with zero attached hydrogens (tertiary/aromatic N) is 9. The molecular weight excluding hydrogens is 390 g/mol. The Hall–Kier alpha value is -3.62. The zero-order valence-corrected chi connectivity index (χ0v) is 17.4. The van der Waals surface area contributed by atoms with E-state index in [-0.39, 0.29) is 5.54 Å². The van der Waals surface area contributed by atoms with Crippen LogP contribution in [-0.4, -0.2) is 46.0 Å². The maximum absolute atomic E-state index is 5.04. The van der Waals surface area contributed by atoms with Gasteiger partial charge in [-0.2, -0.15) is 14.8 Å². The fourth-order valence-corrected chi connectivity index (χ4v) is 5.01. The third-order valence-electron chi connectivity index (χ3n) is 6.56. The van der Waals surface area contributed by atoms with Gasteiger partial charge in [0.05, 0.1) is 6.20 Å². The van der Waals surface area contributed by atoms with Gasteiger partial charge in [-0.05, 0) is 19.3 Å². The van der Waals surface area contributed by atoms with E-state index in [0.29, 0.717) is 5.95 Å². The minimum absolute atomic E-state index is 0.198. The normalized spacial score (nSPS) is 20.0. The second-order valence-electron chi connectivity index (χ2n) is 8.11. The van der Waals surface area contributed by atoms with Gasteiger partial charge in [-0.15, -0.1) is 10.2 Å². The topological polar surface area (TPSA) is 90.4 Å². The van der Waals surface area contributed by atoms with Crippen LogP contribution in [0.1, 0.15) is 44.9 Å². The molecule has 1 atom stereocenters. The highest BCUT2D eigenvalue weighted by molar-refractivity contribution is 5.64. The Morgan fingerprint density at radius 2 is 1.97 bits per heavy atom. The van der Waals surface area contributed by atoms with Crippen LogP contribution < -0.4 is 4.90 Å². The molecule has 1 aromatic carbocycles. The molecule has 0 aliphatic carbocycles. The molecule has 5 heterocycles. The van der Waals surface area contributed by atoms with Crippen LogP contribution in [0.3, 0.4) is 0 Å². The lowest BCUT2D eigenvalue weighted by Gasteiger charge is -2.46. The van der Waals surface area contributed by atoms with E-state index in [1.807, 2.05) is 36.5 Å². The third kappa shape index (κ3) is 2.62. The number of hydrogen-bond donors (Lipinski definition) is 0. The Balaban J connectivity index is 1.54. The van der Waals surface area contributed by atoms with Gasteiger partial charge in [-0.3, -0.25) is 4.57 Å². The first kappa shape index (κ1) is 18.2. The standard InChI is InChI=1S/C22H23N9/c1-2-22-11-7-4-8-12-30(22)19-17(29-15-25-28-20(22)29)13-23-21(27-19)31-18(24-14-26-31)16-9-5-3-6-10-16/h3,5-6,9-10,13-15H,2,4,7-8,11-12H2,1H3. The molecule has 0 amide bonds. The van der Waals surface area contributed by atoms with Gasteiger partial charge >= 0.3 is 0 Å². The molecule has 0 spiro atoms. The van der Waals surface area contributed by atoms with Crippen molar-refractivity contribution in [3.63, 3.8) is 0 Å². The molecule has 3 aromatic heterocycles. The average molecular weight is 413 g/mol. The molecule has 156 valence electrons. The largest absolute Gasteiger partial charge is 0.342 e. The summed E-state index contributed by atoms with van der Waals surface area (Å²) in [6.45, 7) is 3.17. The van der Waals surface area contributed by atoms with Crippen molar-refractivity contribution in [3.05, 3.63) is 55.0 Å². The minimum Gasteiger partial charge on any atom is -0.342 e. The first-order valence-electron chi connectivity index (χ1n) is 10.8. The fraction of sp³-hybridized carbons (Fsp3) is 0.364. The highest BCUT2D eigenvalue weighted by Gasteiger charge is 2.47. The van der Waals surface area contributed by atoms with Crippen LogP contribution in [0.5, 0.6) is 0 Å². The zero-order valence-electron chi connectivity index (χ0n) is 17.4. The quantitative estimate of drug-likeness (QED) is 0.509. The van der Waals surface area contributed by atoms with Crippen LogP contribution >= 0.6 is 0 Å². The maximum Gasteiger partial charge on any atom is 0.254 e. The number of rotatable bonds is 3. The molecule has 9 heteroatoms. The first-order valence-corrected chi connectivity index (χ1v) is 10.8. The molecule has 4 aromatic rings. The van der Waals surface area contributed by atoms with Crippen molar-refractivity contribution in [3.8, 4) is 23.0 Å². The summed E-state index contributed by atoms with van der Waals surface area (Å²) in [5, 5.41) is 13.2. The summed E-state index contributed by atoms with van der Waals surface area (Å²) in [7, 11) is 0. The number of fused-ring (bicyclic) bond motifs is 6. The molecular formula is C22H23N9. The zero-order chi connectivity index (χ0) is 20.8. The van der Waals surface area contributed by atoms with Crippen LogP contribution in [0, 0.1) is 0 Å². The van der Waals surface area contributed by atoms with Gasteiger partial charge in [-0.25, -0.2) is 9.97 Å². The van der Waals surface area contributed by atoms with E-state index in [9.17, 15) is 0 Å². The average Bonchev–Trinajstić information content (AvgIpc) is 3.46. The third-order valence-corrected chi connectivity index (χ3v) is 6.56. The van der Waals surface area contributed by atoms with Crippen LogP contribution in [-0.2, 0) is 5.54 Å². The molecule has 31 heavy (non-hydrogen) atoms. The Kier molecular flexibility index (Phi) is 4.09. The van der Waals surface area contributed by atoms with Gasteiger partial charge in [0.25, 0.3) is 5.95 Å². The fourth-order valence-electron chi connectivity index (χ4n) is 5.01. The van der Waals surface area contributed by atoms with Crippen LogP contribution in [0.25, 0.3) is 23.0 Å². The van der Waals surface area contributed by atoms with Crippen molar-refractivity contribution in [2.45, 2.75) is 44.6 Å². The van der Waals surface area contributed by atoms with Crippen molar-refractivity contribution in [2.75, 3.05) is 11.4 Å². The molecule has 1 fully saturated rings. The van der Waals surface area contributed by atoms with Gasteiger partial charge in [-0.1, -0.05) is 50.1 Å². The van der Waals surface area contributed by atoms with Crippen molar-refractivity contribution >= 4 is 5.82 Å². The van der Waals surface area contributed by atoms with E-state index in [1.54, 1.807) is 17.3 Å². The van der Waals surface area contributed by atoms with E-state index in [4.69, 9.17) is 4.98 Å². The van der Waals surface area contributed by atoms with Crippen molar-refractivity contribution < 1.29 is 0 Å². The number of benzene rings is 1. The smallest absolute Gasteiger partial charge is 0.254 e. The Labute approximate surface area is 179 Å². The van der Waals surface area contributed by atoms with Gasteiger partial charge in [0.15, 0.2) is 17.5 Å². The monoisotopic (exact) mass is 413 g/mol. The van der Waals surface area contributed by atoms with Crippen LogP contribution in [0.2, 0.25) is 0 Å². The van der Waals surface area contributed by atoms with E-state index >= 15 is 0 Å². The van der Waals surface area contributed by atoms with Gasteiger partial charge < -0.3 is 4.90 Å². The Morgan fingerprint density at radius 1 is 1.06 bits per heavy atom. The van der Waals surface area contributed by atoms with E-state index < -0.39 is 0 Å². The molecule has 2 aliphatic rings. The molecule has 0 N–H and O–H groups in total. The van der Waals surface area contributed by atoms with Crippen molar-refractivity contribution in [1.29, 1.82) is 0 Å². The Morgan fingerprint density at radius 3 is 2.84 bits per heavy atom. The minimum atomic E-state index is -0.198. The molecule has 6 rings (SSSR count). The molecule has 0 saturated carbocycles. The van der Waals surface area contributed by atoms with Crippen molar-refractivity contribution in [2.24, 2.45) is 0 Å². The summed E-state index contributed by atoms with van der Waals surface area (Å²) < 4.78 is 3.77. The summed E-state index contributed by atoms with van der Waals surface area (Å²) in [6.07, 6.45) is 10.7. The summed E-state index contributed by atoms with van der Waals surface area (Å²) in [5.74, 6) is 3.14. The predicted molar refractivity (Wildman–Crippen MR) is 115 cm³/mol. The van der Waals surface area contributed by atoms with E-state index in [1.165, 1.54) is 12.8 Å². The second-order valence-corrected chi connectivity index (χ2v) is 8.11. The lowest BCUT2D eigenvalue weighted by Crippen LogP contribution is -2.50. The lowest BCUT2D eigenvalue weighted by molar-refractivity contribution is 0.329. The summed E-state index contributed by atoms with van der Waals surface area (Å²) in [4.78, 5) is 16.6. The Bertz CT molecular complexity index is 1230. The molecule has 9 nitrogen and oxygen atoms in total. The molecule has 0 bridgehead atoms. The lowest BCUT2D eigenvalue weighted by atomic mass is 9.86. The summed E-state index contributed by atoms with van der Waals surface area (Å²) in [5.41, 5.74) is 1.69. The molecule has 1 saturated heterocycles. The second kappa shape index (κ2) is 6.97. The number of anilines is 1. The molecule has 1 unspecified atom stereocenters. The number of hydrogen-bond acceptors (Lipinski definition) is 7. The van der Waals surface area contributed by atoms with Gasteiger partial charge in [0, 0.05) is 12.1 Å². The SMILES string of the molecule is CCC12CCCCCN1c1nc(-n3ncnc3-c3ccccc3)ncc1-n1cnnc12. The van der Waals surface area contributed by atoms with Gasteiger partial charge in [0.1, 0.15) is 23.9 Å². The highest BCUT2D eigenvalue weighted by atomic mass is 15.4. The van der Waals surface area contributed by atoms with Crippen molar-refractivity contribution in [1.82, 2.24) is 39.5 Å². The maximum atomic E-state index is 5.04. The number of aromatic nitrogens is 8.